The van der Waals surface area contributed by atoms with Crippen molar-refractivity contribution < 1.29 is 17.9 Å². The SMILES string of the molecule is COc1nc(N2CCCCCC2)nc(N2CCC(c3ncc(C(F)(F)F)[nH]3)CC2)n1. The van der Waals surface area contributed by atoms with Gasteiger partial charge in [0.05, 0.1) is 13.3 Å². The van der Waals surface area contributed by atoms with E-state index < -0.39 is 11.9 Å². The van der Waals surface area contributed by atoms with Gasteiger partial charge in [0.15, 0.2) is 0 Å². The number of imidazole rings is 1. The van der Waals surface area contributed by atoms with Crippen LogP contribution in [0.25, 0.3) is 0 Å². The van der Waals surface area contributed by atoms with E-state index in [2.05, 4.69) is 29.8 Å². The van der Waals surface area contributed by atoms with Crippen LogP contribution < -0.4 is 14.5 Å². The lowest BCUT2D eigenvalue weighted by Crippen LogP contribution is -2.35. The second kappa shape index (κ2) is 8.65. The number of aromatic nitrogens is 5. The van der Waals surface area contributed by atoms with Gasteiger partial charge in [-0.3, -0.25) is 0 Å². The molecule has 0 amide bonds. The van der Waals surface area contributed by atoms with E-state index in [1.54, 1.807) is 0 Å². The number of alkyl halides is 3. The fraction of sp³-hybridized carbons (Fsp3) is 0.684. The number of aromatic amines is 1. The quantitative estimate of drug-likeness (QED) is 0.804. The minimum atomic E-state index is -4.41. The zero-order valence-electron chi connectivity index (χ0n) is 17.0. The molecular weight excluding hydrogens is 399 g/mol. The van der Waals surface area contributed by atoms with E-state index in [0.29, 0.717) is 43.7 Å². The van der Waals surface area contributed by atoms with Gasteiger partial charge in [-0.15, -0.1) is 0 Å². The number of nitrogens with one attached hydrogen (secondary N) is 1. The zero-order valence-corrected chi connectivity index (χ0v) is 17.0. The van der Waals surface area contributed by atoms with E-state index in [0.717, 1.165) is 32.1 Å². The van der Waals surface area contributed by atoms with Gasteiger partial charge >= 0.3 is 12.2 Å². The number of methoxy groups -OCH3 is 1. The molecule has 4 heterocycles. The summed E-state index contributed by atoms with van der Waals surface area (Å²) in [6.45, 7) is 3.07. The number of hydrogen-bond donors (Lipinski definition) is 1. The topological polar surface area (TPSA) is 83.1 Å². The zero-order chi connectivity index (χ0) is 21.1. The number of rotatable bonds is 4. The summed E-state index contributed by atoms with van der Waals surface area (Å²) in [5.41, 5.74) is -0.802. The fourth-order valence-electron chi connectivity index (χ4n) is 4.02. The summed E-state index contributed by atoms with van der Waals surface area (Å²) < 4.78 is 43.8. The molecule has 0 aliphatic carbocycles. The van der Waals surface area contributed by atoms with Crippen molar-refractivity contribution in [2.24, 2.45) is 0 Å². The Hall–Kier alpha value is -2.59. The Balaban J connectivity index is 1.46. The number of halogens is 3. The third-order valence-electron chi connectivity index (χ3n) is 5.73. The molecule has 0 spiro atoms. The van der Waals surface area contributed by atoms with Crippen LogP contribution in [0.5, 0.6) is 6.01 Å². The lowest BCUT2D eigenvalue weighted by molar-refractivity contribution is -0.141. The molecule has 0 unspecified atom stereocenters. The number of H-pyrrole nitrogens is 1. The summed E-state index contributed by atoms with van der Waals surface area (Å²) >= 11 is 0. The lowest BCUT2D eigenvalue weighted by atomic mass is 9.96. The molecule has 2 saturated heterocycles. The maximum Gasteiger partial charge on any atom is 0.432 e. The van der Waals surface area contributed by atoms with Crippen LogP contribution in [0.4, 0.5) is 25.1 Å². The smallest absolute Gasteiger partial charge is 0.432 e. The lowest BCUT2D eigenvalue weighted by Gasteiger charge is -2.31. The molecular formula is C19H26F3N7O. The molecule has 2 aliphatic rings. The molecule has 4 rings (SSSR count). The Morgan fingerprint density at radius 3 is 2.07 bits per heavy atom. The van der Waals surface area contributed by atoms with Crippen LogP contribution in [-0.2, 0) is 6.18 Å². The summed E-state index contributed by atoms with van der Waals surface area (Å²) in [6.07, 6.45) is 2.43. The molecule has 0 radical (unpaired) electrons. The number of hydrogen-bond acceptors (Lipinski definition) is 7. The van der Waals surface area contributed by atoms with Crippen LogP contribution >= 0.6 is 0 Å². The van der Waals surface area contributed by atoms with Crippen LogP contribution in [0, 0.1) is 0 Å². The first kappa shape index (κ1) is 20.7. The average Bonchev–Trinajstić information content (AvgIpc) is 3.10. The average molecular weight is 425 g/mol. The second-order valence-electron chi connectivity index (χ2n) is 7.76. The molecule has 11 heteroatoms. The molecule has 8 nitrogen and oxygen atoms in total. The maximum atomic E-state index is 12.8. The van der Waals surface area contributed by atoms with E-state index in [9.17, 15) is 13.2 Å². The van der Waals surface area contributed by atoms with Crippen molar-refractivity contribution in [3.63, 3.8) is 0 Å². The van der Waals surface area contributed by atoms with Gasteiger partial charge in [-0.1, -0.05) is 12.8 Å². The number of ether oxygens (including phenoxy) is 1. The largest absolute Gasteiger partial charge is 0.467 e. The van der Waals surface area contributed by atoms with Crippen LogP contribution in [-0.4, -0.2) is 58.2 Å². The highest BCUT2D eigenvalue weighted by atomic mass is 19.4. The van der Waals surface area contributed by atoms with E-state index in [-0.39, 0.29) is 11.9 Å². The number of piperidine rings is 1. The van der Waals surface area contributed by atoms with Gasteiger partial charge in [0.1, 0.15) is 11.5 Å². The molecule has 2 aromatic heterocycles. The maximum absolute atomic E-state index is 12.8. The summed E-state index contributed by atoms with van der Waals surface area (Å²) in [6, 6.07) is 0.280. The Labute approximate surface area is 172 Å². The van der Waals surface area contributed by atoms with Crippen molar-refractivity contribution in [2.75, 3.05) is 43.1 Å². The molecule has 164 valence electrons. The van der Waals surface area contributed by atoms with E-state index in [1.807, 2.05) is 4.90 Å². The van der Waals surface area contributed by atoms with Crippen molar-refractivity contribution in [2.45, 2.75) is 50.6 Å². The Kier molecular flexibility index (Phi) is 5.96. The van der Waals surface area contributed by atoms with Crippen LogP contribution in [0.3, 0.4) is 0 Å². The monoisotopic (exact) mass is 425 g/mol. The van der Waals surface area contributed by atoms with E-state index >= 15 is 0 Å². The minimum absolute atomic E-state index is 0.0499. The van der Waals surface area contributed by atoms with Gasteiger partial charge in [0.25, 0.3) is 0 Å². The van der Waals surface area contributed by atoms with Crippen molar-refractivity contribution in [3.8, 4) is 6.01 Å². The molecule has 0 atom stereocenters. The second-order valence-corrected chi connectivity index (χ2v) is 7.76. The van der Waals surface area contributed by atoms with Gasteiger partial charge in [-0.2, -0.15) is 28.1 Å². The molecule has 0 saturated carbocycles. The molecule has 0 aromatic carbocycles. The predicted octanol–water partition coefficient (Wildman–Crippen LogP) is 3.39. The molecule has 0 bridgehead atoms. The first-order chi connectivity index (χ1) is 14.4. The highest BCUT2D eigenvalue weighted by molar-refractivity contribution is 5.41. The summed E-state index contributed by atoms with van der Waals surface area (Å²) in [7, 11) is 1.53. The fourth-order valence-corrected chi connectivity index (χ4v) is 4.02. The standard InChI is InChI=1S/C19H26F3N7O/c1-30-18-26-16(28-8-4-2-3-5-9-28)25-17(27-18)29-10-6-13(7-11-29)15-23-12-14(24-15)19(20,21)22/h12-13H,2-11H2,1H3,(H,23,24). The van der Waals surface area contributed by atoms with Crippen molar-refractivity contribution in [1.82, 2.24) is 24.9 Å². The van der Waals surface area contributed by atoms with Gasteiger partial charge in [-0.25, -0.2) is 4.98 Å². The summed E-state index contributed by atoms with van der Waals surface area (Å²) in [4.78, 5) is 24.1. The summed E-state index contributed by atoms with van der Waals surface area (Å²) in [5.74, 6) is 1.52. The van der Waals surface area contributed by atoms with Gasteiger partial charge in [0.2, 0.25) is 11.9 Å². The van der Waals surface area contributed by atoms with Crippen LogP contribution in [0.2, 0.25) is 0 Å². The molecule has 2 fully saturated rings. The summed E-state index contributed by atoms with van der Waals surface area (Å²) in [5, 5.41) is 0. The third-order valence-corrected chi connectivity index (χ3v) is 5.73. The first-order valence-electron chi connectivity index (χ1n) is 10.4. The Morgan fingerprint density at radius 2 is 1.53 bits per heavy atom. The molecule has 30 heavy (non-hydrogen) atoms. The molecule has 1 N–H and O–H groups in total. The molecule has 2 aliphatic heterocycles. The third kappa shape index (κ3) is 4.59. The van der Waals surface area contributed by atoms with Crippen molar-refractivity contribution in [1.29, 1.82) is 0 Å². The van der Waals surface area contributed by atoms with E-state index in [4.69, 9.17) is 4.74 Å². The predicted molar refractivity (Wildman–Crippen MR) is 105 cm³/mol. The Bertz CT molecular complexity index is 841. The first-order valence-corrected chi connectivity index (χ1v) is 10.4. The van der Waals surface area contributed by atoms with E-state index in [1.165, 1.54) is 20.0 Å². The van der Waals surface area contributed by atoms with Crippen LogP contribution in [0.15, 0.2) is 6.20 Å². The van der Waals surface area contributed by atoms with Gasteiger partial charge in [-0.05, 0) is 25.7 Å². The number of nitrogens with zero attached hydrogens (tertiary/aromatic N) is 6. The van der Waals surface area contributed by atoms with Crippen molar-refractivity contribution in [3.05, 3.63) is 17.7 Å². The highest BCUT2D eigenvalue weighted by Gasteiger charge is 2.34. The van der Waals surface area contributed by atoms with Gasteiger partial charge in [0, 0.05) is 32.1 Å². The number of anilines is 2. The minimum Gasteiger partial charge on any atom is -0.467 e. The molecule has 2 aromatic rings. The van der Waals surface area contributed by atoms with Gasteiger partial charge < -0.3 is 19.5 Å². The van der Waals surface area contributed by atoms with Crippen LogP contribution in [0.1, 0.15) is 56.0 Å². The Morgan fingerprint density at radius 1 is 0.933 bits per heavy atom. The normalized spacial score (nSPS) is 19.1. The van der Waals surface area contributed by atoms with Crippen molar-refractivity contribution >= 4 is 11.9 Å². The highest BCUT2D eigenvalue weighted by Crippen LogP contribution is 2.32.